The summed E-state index contributed by atoms with van der Waals surface area (Å²) in [6.45, 7) is 0.531. The lowest BCUT2D eigenvalue weighted by molar-refractivity contribution is -0.121. The van der Waals surface area contributed by atoms with Crippen molar-refractivity contribution in [3.63, 3.8) is 0 Å². The van der Waals surface area contributed by atoms with E-state index in [1.165, 1.54) is 29.2 Å². The van der Waals surface area contributed by atoms with Crippen LogP contribution in [0.15, 0.2) is 71.0 Å². The highest BCUT2D eigenvalue weighted by atomic mass is 16.2. The Morgan fingerprint density at radius 1 is 1.03 bits per heavy atom. The predicted molar refractivity (Wildman–Crippen MR) is 116 cm³/mol. The van der Waals surface area contributed by atoms with E-state index >= 15 is 0 Å². The van der Waals surface area contributed by atoms with Crippen LogP contribution in [0.3, 0.4) is 0 Å². The van der Waals surface area contributed by atoms with Crippen LogP contribution >= 0.6 is 0 Å². The summed E-state index contributed by atoms with van der Waals surface area (Å²) in [6.07, 6.45) is 7.94. The Morgan fingerprint density at radius 3 is 2.72 bits per heavy atom. The van der Waals surface area contributed by atoms with E-state index in [2.05, 4.69) is 22.6 Å². The molecule has 4 rings (SSSR count). The molecule has 0 spiro atoms. The van der Waals surface area contributed by atoms with Crippen LogP contribution in [-0.2, 0) is 11.3 Å². The molecule has 1 aliphatic carbocycles. The van der Waals surface area contributed by atoms with Gasteiger partial charge < -0.3 is 5.32 Å². The molecule has 2 aromatic carbocycles. The molecule has 1 amide bonds. The SMILES string of the molecule is O=C(Cn1nc(-c2ccc3ccccc3c2)ccc1=O)NCCC1=CCCCC1. The lowest BCUT2D eigenvalue weighted by atomic mass is 9.97. The first-order chi connectivity index (χ1) is 14.2. The second kappa shape index (κ2) is 8.86. The summed E-state index contributed by atoms with van der Waals surface area (Å²) in [7, 11) is 0. The minimum atomic E-state index is -0.278. The van der Waals surface area contributed by atoms with Gasteiger partial charge in [0, 0.05) is 18.2 Å². The Balaban J connectivity index is 1.44. The van der Waals surface area contributed by atoms with Crippen LogP contribution in [-0.4, -0.2) is 22.2 Å². The average molecular weight is 387 g/mol. The number of carbonyl (C=O) groups is 1. The van der Waals surface area contributed by atoms with Gasteiger partial charge >= 0.3 is 0 Å². The number of allylic oxidation sites excluding steroid dienone is 1. The third-order valence-electron chi connectivity index (χ3n) is 5.36. The lowest BCUT2D eigenvalue weighted by Crippen LogP contribution is -2.34. The van der Waals surface area contributed by atoms with Crippen molar-refractivity contribution in [2.45, 2.75) is 38.6 Å². The van der Waals surface area contributed by atoms with E-state index < -0.39 is 0 Å². The molecule has 0 atom stereocenters. The molecule has 0 radical (unpaired) electrons. The number of carbonyl (C=O) groups excluding carboxylic acids is 1. The van der Waals surface area contributed by atoms with E-state index in [0.29, 0.717) is 12.2 Å². The molecule has 0 saturated carbocycles. The maximum atomic E-state index is 12.3. The minimum absolute atomic E-state index is 0.0701. The second-order valence-corrected chi connectivity index (χ2v) is 7.48. The van der Waals surface area contributed by atoms with E-state index in [4.69, 9.17) is 0 Å². The van der Waals surface area contributed by atoms with Crippen LogP contribution in [0.25, 0.3) is 22.0 Å². The Labute approximate surface area is 170 Å². The highest BCUT2D eigenvalue weighted by molar-refractivity contribution is 5.86. The van der Waals surface area contributed by atoms with E-state index in [9.17, 15) is 9.59 Å². The van der Waals surface area contributed by atoms with Crippen LogP contribution in [0.5, 0.6) is 0 Å². The predicted octanol–water partition coefficient (Wildman–Crippen LogP) is 4.07. The van der Waals surface area contributed by atoms with Gasteiger partial charge in [-0.25, -0.2) is 4.68 Å². The van der Waals surface area contributed by atoms with Crippen molar-refractivity contribution in [3.05, 3.63) is 76.6 Å². The molecule has 0 saturated heterocycles. The largest absolute Gasteiger partial charge is 0.354 e. The van der Waals surface area contributed by atoms with Crippen molar-refractivity contribution < 1.29 is 4.79 Å². The molecule has 1 aromatic heterocycles. The molecule has 0 unspecified atom stereocenters. The van der Waals surface area contributed by atoms with Crippen LogP contribution in [0, 0.1) is 0 Å². The van der Waals surface area contributed by atoms with Gasteiger partial charge in [-0.1, -0.05) is 48.0 Å². The first-order valence-corrected chi connectivity index (χ1v) is 10.2. The summed E-state index contributed by atoms with van der Waals surface area (Å²) in [5.41, 5.74) is 2.74. The van der Waals surface area contributed by atoms with Crippen molar-refractivity contribution in [2.75, 3.05) is 6.54 Å². The smallest absolute Gasteiger partial charge is 0.267 e. The fourth-order valence-electron chi connectivity index (χ4n) is 3.75. The number of fused-ring (bicyclic) bond motifs is 1. The summed E-state index contributed by atoms with van der Waals surface area (Å²) in [6, 6.07) is 17.3. The number of amides is 1. The van der Waals surface area contributed by atoms with Gasteiger partial charge in [-0.3, -0.25) is 9.59 Å². The molecule has 29 heavy (non-hydrogen) atoms. The fraction of sp³-hybridized carbons (Fsp3) is 0.292. The third-order valence-corrected chi connectivity index (χ3v) is 5.36. The molecular formula is C24H25N3O2. The molecule has 3 aromatic rings. The molecule has 0 fully saturated rings. The Morgan fingerprint density at radius 2 is 1.90 bits per heavy atom. The summed E-state index contributed by atoms with van der Waals surface area (Å²) >= 11 is 0. The standard InChI is InChI=1S/C24H25N3O2/c28-23(25-15-14-18-6-2-1-3-7-18)17-27-24(29)13-12-22(26-27)21-11-10-19-8-4-5-9-20(19)16-21/h4-6,8-13,16H,1-3,7,14-15,17H2,(H,25,28). The number of aromatic nitrogens is 2. The molecule has 148 valence electrons. The van der Waals surface area contributed by atoms with Crippen molar-refractivity contribution in [1.29, 1.82) is 0 Å². The number of hydrogen-bond acceptors (Lipinski definition) is 3. The van der Waals surface area contributed by atoms with Crippen LogP contribution in [0.4, 0.5) is 0 Å². The third kappa shape index (κ3) is 4.80. The summed E-state index contributed by atoms with van der Waals surface area (Å²) in [5.74, 6) is -0.188. The van der Waals surface area contributed by atoms with E-state index in [-0.39, 0.29) is 18.0 Å². The van der Waals surface area contributed by atoms with Gasteiger partial charge in [0.2, 0.25) is 5.91 Å². The van der Waals surface area contributed by atoms with E-state index in [1.807, 2.05) is 36.4 Å². The molecule has 1 N–H and O–H groups in total. The van der Waals surface area contributed by atoms with Gasteiger partial charge in [-0.15, -0.1) is 0 Å². The highest BCUT2D eigenvalue weighted by Crippen LogP contribution is 2.22. The Kier molecular flexibility index (Phi) is 5.84. The highest BCUT2D eigenvalue weighted by Gasteiger charge is 2.09. The summed E-state index contributed by atoms with van der Waals surface area (Å²) < 4.78 is 1.24. The monoisotopic (exact) mass is 387 g/mol. The van der Waals surface area contributed by atoms with Crippen molar-refractivity contribution in [2.24, 2.45) is 0 Å². The number of nitrogens with zero attached hydrogens (tertiary/aromatic N) is 2. The van der Waals surface area contributed by atoms with Crippen LogP contribution < -0.4 is 10.9 Å². The Hall–Kier alpha value is -3.21. The fourth-order valence-corrected chi connectivity index (χ4v) is 3.75. The zero-order valence-electron chi connectivity index (χ0n) is 16.4. The number of nitrogens with one attached hydrogen (secondary N) is 1. The molecule has 5 nitrogen and oxygen atoms in total. The van der Waals surface area contributed by atoms with Crippen molar-refractivity contribution >= 4 is 16.7 Å². The molecule has 0 bridgehead atoms. The van der Waals surface area contributed by atoms with E-state index in [1.54, 1.807) is 6.07 Å². The second-order valence-electron chi connectivity index (χ2n) is 7.48. The van der Waals surface area contributed by atoms with Crippen molar-refractivity contribution in [3.8, 4) is 11.3 Å². The van der Waals surface area contributed by atoms with Gasteiger partial charge in [0.1, 0.15) is 6.54 Å². The molecule has 0 aliphatic heterocycles. The molecule has 5 heteroatoms. The lowest BCUT2D eigenvalue weighted by Gasteiger charge is -2.13. The van der Waals surface area contributed by atoms with Gasteiger partial charge in [0.05, 0.1) is 5.69 Å². The quantitative estimate of drug-likeness (QED) is 0.649. The zero-order chi connectivity index (χ0) is 20.1. The number of benzene rings is 2. The molecular weight excluding hydrogens is 362 g/mol. The van der Waals surface area contributed by atoms with Crippen molar-refractivity contribution in [1.82, 2.24) is 15.1 Å². The summed E-state index contributed by atoms with van der Waals surface area (Å²) in [5, 5.41) is 9.59. The van der Waals surface area contributed by atoms with E-state index in [0.717, 1.165) is 35.6 Å². The first kappa shape index (κ1) is 19.1. The minimum Gasteiger partial charge on any atom is -0.354 e. The molecule has 1 heterocycles. The average Bonchev–Trinajstić information content (AvgIpc) is 2.76. The van der Waals surface area contributed by atoms with Gasteiger partial charge in [0.15, 0.2) is 0 Å². The number of rotatable bonds is 6. The maximum absolute atomic E-state index is 12.3. The topological polar surface area (TPSA) is 64.0 Å². The maximum Gasteiger partial charge on any atom is 0.267 e. The Bertz CT molecular complexity index is 1110. The molecule has 1 aliphatic rings. The first-order valence-electron chi connectivity index (χ1n) is 10.2. The van der Waals surface area contributed by atoms with Crippen LogP contribution in [0.1, 0.15) is 32.1 Å². The van der Waals surface area contributed by atoms with Crippen LogP contribution in [0.2, 0.25) is 0 Å². The van der Waals surface area contributed by atoms with Gasteiger partial charge in [0.25, 0.3) is 5.56 Å². The normalized spacial score (nSPS) is 13.9. The van der Waals surface area contributed by atoms with Gasteiger partial charge in [-0.05, 0) is 55.0 Å². The van der Waals surface area contributed by atoms with Gasteiger partial charge in [-0.2, -0.15) is 5.10 Å². The number of hydrogen-bond donors (Lipinski definition) is 1. The summed E-state index contributed by atoms with van der Waals surface area (Å²) in [4.78, 5) is 24.5. The zero-order valence-corrected chi connectivity index (χ0v) is 16.4.